The minimum absolute atomic E-state index is 0.645. The van der Waals surface area contributed by atoms with Crippen LogP contribution >= 0.6 is 0 Å². The first-order chi connectivity index (χ1) is 16.5. The molecule has 0 aromatic heterocycles. The summed E-state index contributed by atoms with van der Waals surface area (Å²) in [4.78, 5) is 0. The summed E-state index contributed by atoms with van der Waals surface area (Å²) in [5, 5.41) is 23.8. The van der Waals surface area contributed by atoms with E-state index in [1.807, 2.05) is 0 Å². The van der Waals surface area contributed by atoms with E-state index < -0.39 is 0 Å². The van der Waals surface area contributed by atoms with E-state index in [1.165, 1.54) is 0 Å². The average molecular weight is 478 g/mol. The second-order valence-corrected chi connectivity index (χ2v) is 7.70. The Morgan fingerprint density at radius 2 is 0.394 bits per heavy atom. The minimum atomic E-state index is 0.645. The third-order valence-corrected chi connectivity index (χ3v) is 4.83. The van der Waals surface area contributed by atoms with Gasteiger partial charge in [0.1, 0.15) is 0 Å². The van der Waals surface area contributed by atoms with E-state index in [0.717, 1.165) is 105 Å². The summed E-state index contributed by atoms with van der Waals surface area (Å²) in [6, 6.07) is 0. The fourth-order valence-corrected chi connectivity index (χ4v) is 2.98. The number of hydrogen-bond donors (Lipinski definition) is 7. The molecule has 0 spiro atoms. The summed E-state index contributed by atoms with van der Waals surface area (Å²) in [7, 11) is 0. The van der Waals surface area contributed by atoms with E-state index >= 15 is 0 Å². The second-order valence-electron chi connectivity index (χ2n) is 7.70. The van der Waals surface area contributed by atoms with Gasteiger partial charge in [0, 0.05) is 91.6 Å². The largest absolute Gasteiger partial charge is 0.378 e. The predicted octanol–water partition coefficient (Wildman–Crippen LogP) is -2.81. The van der Waals surface area contributed by atoms with Crippen LogP contribution in [0, 0.1) is 0 Å². The van der Waals surface area contributed by atoms with Gasteiger partial charge in [-0.25, -0.2) is 0 Å². The molecule has 11 nitrogen and oxygen atoms in total. The zero-order chi connectivity index (χ0) is 23.3. The van der Waals surface area contributed by atoms with Crippen LogP contribution in [0.3, 0.4) is 0 Å². The van der Waals surface area contributed by atoms with E-state index in [2.05, 4.69) is 37.2 Å². The van der Waals surface area contributed by atoms with Gasteiger partial charge < -0.3 is 56.2 Å². The predicted molar refractivity (Wildman–Crippen MR) is 133 cm³/mol. The van der Waals surface area contributed by atoms with Gasteiger partial charge >= 0.3 is 0 Å². The molecule has 0 radical (unpaired) electrons. The standard InChI is InChI=1S/C22H51N7O4/c1-2-24-4-8-27-12-16-31-20-22-33-18-14-29-10-6-25-5-9-28-13-17-32-21-19-30-15-11-26-7-3-23-1/h23-29H,1-22H2. The highest BCUT2D eigenvalue weighted by Gasteiger charge is 1.95. The van der Waals surface area contributed by atoms with E-state index in [9.17, 15) is 0 Å². The molecule has 11 heteroatoms. The second kappa shape index (κ2) is 27.8. The molecule has 0 aliphatic carbocycles. The molecule has 0 aromatic rings. The van der Waals surface area contributed by atoms with Gasteiger partial charge in [-0.1, -0.05) is 0 Å². The summed E-state index contributed by atoms with van der Waals surface area (Å²) >= 11 is 0. The molecule has 0 unspecified atom stereocenters. The van der Waals surface area contributed by atoms with Gasteiger partial charge in [0.15, 0.2) is 0 Å². The Kier molecular flexibility index (Phi) is 25.8. The summed E-state index contributed by atoms with van der Waals surface area (Å²) in [5.74, 6) is 0. The van der Waals surface area contributed by atoms with Gasteiger partial charge in [0.05, 0.1) is 52.9 Å². The molecule has 1 rings (SSSR count). The summed E-state index contributed by atoms with van der Waals surface area (Å²) < 4.78 is 22.3. The van der Waals surface area contributed by atoms with Gasteiger partial charge in [0.2, 0.25) is 0 Å². The van der Waals surface area contributed by atoms with E-state index in [-0.39, 0.29) is 0 Å². The summed E-state index contributed by atoms with van der Waals surface area (Å²) in [6.45, 7) is 18.4. The maximum absolute atomic E-state index is 5.58. The number of hydrogen-bond acceptors (Lipinski definition) is 11. The van der Waals surface area contributed by atoms with Crippen LogP contribution in [0.5, 0.6) is 0 Å². The lowest BCUT2D eigenvalue weighted by Crippen LogP contribution is -2.36. The Morgan fingerprint density at radius 3 is 0.606 bits per heavy atom. The number of nitrogens with one attached hydrogen (secondary N) is 7. The molecular formula is C22H51N7O4. The van der Waals surface area contributed by atoms with Crippen molar-refractivity contribution < 1.29 is 18.9 Å². The van der Waals surface area contributed by atoms with Crippen LogP contribution in [0.2, 0.25) is 0 Å². The molecule has 1 aliphatic rings. The minimum Gasteiger partial charge on any atom is -0.378 e. The zero-order valence-electron chi connectivity index (χ0n) is 20.7. The van der Waals surface area contributed by atoms with Crippen molar-refractivity contribution in [2.75, 3.05) is 144 Å². The van der Waals surface area contributed by atoms with E-state index in [1.54, 1.807) is 0 Å². The summed E-state index contributed by atoms with van der Waals surface area (Å²) in [6.07, 6.45) is 0. The first kappa shape index (κ1) is 30.6. The third kappa shape index (κ3) is 26.0. The van der Waals surface area contributed by atoms with Crippen molar-refractivity contribution in [3.8, 4) is 0 Å². The van der Waals surface area contributed by atoms with Crippen LogP contribution in [0.4, 0.5) is 0 Å². The van der Waals surface area contributed by atoms with Gasteiger partial charge in [-0.2, -0.15) is 0 Å². The number of rotatable bonds is 0. The fourth-order valence-electron chi connectivity index (χ4n) is 2.98. The highest BCUT2D eigenvalue weighted by atomic mass is 16.5. The lowest BCUT2D eigenvalue weighted by molar-refractivity contribution is 0.0499. The van der Waals surface area contributed by atoms with Gasteiger partial charge in [-0.15, -0.1) is 0 Å². The Balaban J connectivity index is 2.00. The van der Waals surface area contributed by atoms with Crippen LogP contribution in [0.25, 0.3) is 0 Å². The van der Waals surface area contributed by atoms with Gasteiger partial charge in [-0.3, -0.25) is 0 Å². The Labute approximate surface area is 201 Å². The van der Waals surface area contributed by atoms with E-state index in [4.69, 9.17) is 18.9 Å². The maximum Gasteiger partial charge on any atom is 0.0701 e. The molecule has 0 amide bonds. The average Bonchev–Trinajstić information content (AvgIpc) is 2.83. The lowest BCUT2D eigenvalue weighted by atomic mass is 10.5. The highest BCUT2D eigenvalue weighted by Crippen LogP contribution is 1.79. The quantitative estimate of drug-likeness (QED) is 0.196. The van der Waals surface area contributed by atoms with Crippen LogP contribution < -0.4 is 37.2 Å². The topological polar surface area (TPSA) is 121 Å². The fraction of sp³-hybridized carbons (Fsp3) is 1.00. The molecule has 1 saturated heterocycles. The molecule has 33 heavy (non-hydrogen) atoms. The van der Waals surface area contributed by atoms with Gasteiger partial charge in [-0.05, 0) is 0 Å². The van der Waals surface area contributed by atoms with Crippen molar-refractivity contribution in [3.05, 3.63) is 0 Å². The molecule has 0 aromatic carbocycles. The molecule has 198 valence electrons. The SMILES string of the molecule is C1CNCCNCCOCCOCCNCCNCCNCCOCCOCCNCCN1. The van der Waals surface area contributed by atoms with Crippen molar-refractivity contribution >= 4 is 0 Å². The molecule has 1 aliphatic heterocycles. The van der Waals surface area contributed by atoms with Crippen LogP contribution in [-0.4, -0.2) is 144 Å². The molecule has 0 atom stereocenters. The normalized spacial score (nSPS) is 24.0. The number of ether oxygens (including phenoxy) is 4. The molecule has 0 bridgehead atoms. The Morgan fingerprint density at radius 1 is 0.212 bits per heavy atom. The van der Waals surface area contributed by atoms with Crippen molar-refractivity contribution in [1.29, 1.82) is 0 Å². The molecule has 0 saturated carbocycles. The zero-order valence-corrected chi connectivity index (χ0v) is 20.7. The molecule has 7 N–H and O–H groups in total. The Hall–Kier alpha value is -0.440. The van der Waals surface area contributed by atoms with Crippen LogP contribution in [0.1, 0.15) is 0 Å². The molecule has 1 heterocycles. The van der Waals surface area contributed by atoms with E-state index in [0.29, 0.717) is 39.6 Å². The van der Waals surface area contributed by atoms with Gasteiger partial charge in [0.25, 0.3) is 0 Å². The van der Waals surface area contributed by atoms with Crippen molar-refractivity contribution in [2.45, 2.75) is 0 Å². The van der Waals surface area contributed by atoms with Crippen LogP contribution in [-0.2, 0) is 18.9 Å². The first-order valence-corrected chi connectivity index (χ1v) is 12.8. The smallest absolute Gasteiger partial charge is 0.0701 e. The maximum atomic E-state index is 5.58. The third-order valence-electron chi connectivity index (χ3n) is 4.83. The molecule has 1 fully saturated rings. The van der Waals surface area contributed by atoms with Crippen LogP contribution in [0.15, 0.2) is 0 Å². The lowest BCUT2D eigenvalue weighted by Gasteiger charge is -2.09. The van der Waals surface area contributed by atoms with Crippen molar-refractivity contribution in [3.63, 3.8) is 0 Å². The monoisotopic (exact) mass is 477 g/mol. The first-order valence-electron chi connectivity index (χ1n) is 12.8. The Bertz CT molecular complexity index is 207. The molecular weight excluding hydrogens is 426 g/mol. The summed E-state index contributed by atoms with van der Waals surface area (Å²) in [5.41, 5.74) is 0. The highest BCUT2D eigenvalue weighted by molar-refractivity contribution is 4.57. The van der Waals surface area contributed by atoms with Crippen molar-refractivity contribution in [1.82, 2.24) is 37.2 Å². The van der Waals surface area contributed by atoms with Crippen molar-refractivity contribution in [2.24, 2.45) is 0 Å².